The lowest BCUT2D eigenvalue weighted by atomic mass is 9.84. The molecule has 3 rings (SSSR count). The summed E-state index contributed by atoms with van der Waals surface area (Å²) in [7, 11) is 0. The van der Waals surface area contributed by atoms with E-state index in [4.69, 9.17) is 4.74 Å². The molecule has 0 N–H and O–H groups in total. The summed E-state index contributed by atoms with van der Waals surface area (Å²) >= 11 is 0. The van der Waals surface area contributed by atoms with Crippen LogP contribution >= 0.6 is 0 Å². The zero-order valence-electron chi connectivity index (χ0n) is 20.6. The normalized spacial score (nSPS) is 14.0. The standard InChI is InChI=1S/C31H40O/c1-6-23(3)8-11-26-12-16-28(17-13-26)31(27-14-9-25(5)10-15-27)29-18-20-30(21-19-29)32-22-24(4)7-2/h9-10,12-21,23-24,31H,6-8,11,22H2,1-5H3. The van der Waals surface area contributed by atoms with E-state index in [0.717, 1.165) is 31.1 Å². The number of hydrogen-bond acceptors (Lipinski definition) is 1. The maximum Gasteiger partial charge on any atom is 0.119 e. The topological polar surface area (TPSA) is 9.23 Å². The summed E-state index contributed by atoms with van der Waals surface area (Å²) < 4.78 is 5.99. The first kappa shape index (κ1) is 24.1. The van der Waals surface area contributed by atoms with Gasteiger partial charge in [-0.05, 0) is 66.0 Å². The largest absolute Gasteiger partial charge is 0.493 e. The number of ether oxygens (including phenoxy) is 1. The Hall–Kier alpha value is -2.54. The zero-order chi connectivity index (χ0) is 22.9. The molecular formula is C31H40O. The molecule has 0 spiro atoms. The number of aryl methyl sites for hydroxylation is 2. The van der Waals surface area contributed by atoms with Gasteiger partial charge in [0.2, 0.25) is 0 Å². The lowest BCUT2D eigenvalue weighted by Gasteiger charge is -2.20. The van der Waals surface area contributed by atoms with Crippen LogP contribution < -0.4 is 4.74 Å². The Balaban J connectivity index is 1.84. The van der Waals surface area contributed by atoms with Gasteiger partial charge < -0.3 is 4.74 Å². The van der Waals surface area contributed by atoms with Crippen LogP contribution in [0.5, 0.6) is 5.75 Å². The quantitative estimate of drug-likeness (QED) is 0.278. The molecular weight excluding hydrogens is 388 g/mol. The maximum absolute atomic E-state index is 5.99. The molecule has 3 aromatic rings. The van der Waals surface area contributed by atoms with Crippen molar-refractivity contribution in [2.45, 2.75) is 66.2 Å². The molecule has 0 fully saturated rings. The van der Waals surface area contributed by atoms with Crippen molar-refractivity contribution in [3.8, 4) is 5.75 Å². The predicted octanol–water partition coefficient (Wildman–Crippen LogP) is 8.58. The van der Waals surface area contributed by atoms with E-state index in [9.17, 15) is 0 Å². The minimum absolute atomic E-state index is 0.225. The second kappa shape index (κ2) is 11.9. The number of rotatable bonds is 11. The molecule has 1 heteroatoms. The molecule has 0 saturated carbocycles. The average molecular weight is 429 g/mol. The summed E-state index contributed by atoms with van der Waals surface area (Å²) in [6.07, 6.45) is 4.81. The van der Waals surface area contributed by atoms with Crippen molar-refractivity contribution in [1.29, 1.82) is 0 Å². The van der Waals surface area contributed by atoms with Crippen LogP contribution in [0, 0.1) is 18.8 Å². The highest BCUT2D eigenvalue weighted by Crippen LogP contribution is 2.33. The molecule has 1 nitrogen and oxygen atoms in total. The second-order valence-electron chi connectivity index (χ2n) is 9.53. The van der Waals surface area contributed by atoms with Crippen molar-refractivity contribution < 1.29 is 4.74 Å². The first-order valence-corrected chi connectivity index (χ1v) is 12.4. The Morgan fingerprint density at radius 3 is 1.69 bits per heavy atom. The highest BCUT2D eigenvalue weighted by Gasteiger charge is 2.17. The summed E-state index contributed by atoms with van der Waals surface area (Å²) in [5.74, 6) is 2.55. The fourth-order valence-corrected chi connectivity index (χ4v) is 3.94. The van der Waals surface area contributed by atoms with Gasteiger partial charge in [0.15, 0.2) is 0 Å². The van der Waals surface area contributed by atoms with Gasteiger partial charge in [0.1, 0.15) is 5.75 Å². The monoisotopic (exact) mass is 428 g/mol. The lowest BCUT2D eigenvalue weighted by Crippen LogP contribution is -2.08. The third-order valence-electron chi connectivity index (χ3n) is 6.79. The van der Waals surface area contributed by atoms with Crippen LogP contribution in [-0.4, -0.2) is 6.61 Å². The van der Waals surface area contributed by atoms with Gasteiger partial charge >= 0.3 is 0 Å². The summed E-state index contributed by atoms with van der Waals surface area (Å²) in [6, 6.07) is 27.0. The van der Waals surface area contributed by atoms with Gasteiger partial charge in [-0.3, -0.25) is 0 Å². The molecule has 0 radical (unpaired) electrons. The molecule has 0 heterocycles. The van der Waals surface area contributed by atoms with E-state index in [1.165, 1.54) is 40.7 Å². The van der Waals surface area contributed by atoms with Crippen molar-refractivity contribution in [1.82, 2.24) is 0 Å². The Labute approximate surface area is 195 Å². The fourth-order valence-electron chi connectivity index (χ4n) is 3.94. The van der Waals surface area contributed by atoms with Crippen LogP contribution in [0.2, 0.25) is 0 Å². The Morgan fingerprint density at radius 2 is 1.16 bits per heavy atom. The molecule has 32 heavy (non-hydrogen) atoms. The molecule has 0 aromatic heterocycles. The summed E-state index contributed by atoms with van der Waals surface area (Å²) in [5, 5.41) is 0. The fraction of sp³-hybridized carbons (Fsp3) is 0.419. The van der Waals surface area contributed by atoms with E-state index in [0.29, 0.717) is 5.92 Å². The van der Waals surface area contributed by atoms with Crippen molar-refractivity contribution in [2.75, 3.05) is 6.61 Å². The summed E-state index contributed by atoms with van der Waals surface area (Å²) in [6.45, 7) is 12.0. The highest BCUT2D eigenvalue weighted by atomic mass is 16.5. The van der Waals surface area contributed by atoms with Crippen molar-refractivity contribution >= 4 is 0 Å². The van der Waals surface area contributed by atoms with Crippen LogP contribution in [0.25, 0.3) is 0 Å². The van der Waals surface area contributed by atoms with E-state index >= 15 is 0 Å². The molecule has 0 aliphatic heterocycles. The Morgan fingerprint density at radius 1 is 0.656 bits per heavy atom. The molecule has 0 aliphatic rings. The van der Waals surface area contributed by atoms with E-state index in [1.807, 2.05) is 0 Å². The smallest absolute Gasteiger partial charge is 0.119 e. The summed E-state index contributed by atoms with van der Waals surface area (Å²) in [4.78, 5) is 0. The third-order valence-corrected chi connectivity index (χ3v) is 6.79. The van der Waals surface area contributed by atoms with Gasteiger partial charge in [-0.25, -0.2) is 0 Å². The SMILES string of the molecule is CCC(C)CCc1ccc(C(c2ccc(C)cc2)c2ccc(OCC(C)CC)cc2)cc1. The van der Waals surface area contributed by atoms with Crippen LogP contribution in [-0.2, 0) is 6.42 Å². The van der Waals surface area contributed by atoms with Crippen molar-refractivity contribution in [3.05, 3.63) is 101 Å². The molecule has 0 bridgehead atoms. The second-order valence-corrected chi connectivity index (χ2v) is 9.53. The molecule has 0 saturated heterocycles. The van der Waals surface area contributed by atoms with E-state index in [1.54, 1.807) is 0 Å². The van der Waals surface area contributed by atoms with Gasteiger partial charge in [0, 0.05) is 5.92 Å². The van der Waals surface area contributed by atoms with Crippen LogP contribution in [0.4, 0.5) is 0 Å². The van der Waals surface area contributed by atoms with Crippen LogP contribution in [0.1, 0.15) is 80.7 Å². The maximum atomic E-state index is 5.99. The van der Waals surface area contributed by atoms with E-state index < -0.39 is 0 Å². The van der Waals surface area contributed by atoms with Gasteiger partial charge in [-0.15, -0.1) is 0 Å². The van der Waals surface area contributed by atoms with Crippen LogP contribution in [0.3, 0.4) is 0 Å². The van der Waals surface area contributed by atoms with Crippen molar-refractivity contribution in [3.63, 3.8) is 0 Å². The average Bonchev–Trinajstić information content (AvgIpc) is 2.83. The Bertz CT molecular complexity index is 864. The Kier molecular flexibility index (Phi) is 8.97. The van der Waals surface area contributed by atoms with E-state index in [-0.39, 0.29) is 5.92 Å². The predicted molar refractivity (Wildman–Crippen MR) is 138 cm³/mol. The van der Waals surface area contributed by atoms with Gasteiger partial charge in [-0.2, -0.15) is 0 Å². The van der Waals surface area contributed by atoms with E-state index in [2.05, 4.69) is 107 Å². The lowest BCUT2D eigenvalue weighted by molar-refractivity contribution is 0.256. The third kappa shape index (κ3) is 6.73. The molecule has 170 valence electrons. The first-order valence-electron chi connectivity index (χ1n) is 12.4. The first-order chi connectivity index (χ1) is 15.5. The molecule has 0 amide bonds. The molecule has 0 aliphatic carbocycles. The van der Waals surface area contributed by atoms with Gasteiger partial charge in [0.25, 0.3) is 0 Å². The highest BCUT2D eigenvalue weighted by molar-refractivity contribution is 5.45. The number of benzene rings is 3. The minimum atomic E-state index is 0.225. The molecule has 3 aromatic carbocycles. The zero-order valence-corrected chi connectivity index (χ0v) is 20.6. The molecule has 3 atom stereocenters. The minimum Gasteiger partial charge on any atom is -0.493 e. The molecule has 3 unspecified atom stereocenters. The van der Waals surface area contributed by atoms with Gasteiger partial charge in [-0.1, -0.05) is 107 Å². The van der Waals surface area contributed by atoms with Crippen LogP contribution in [0.15, 0.2) is 72.8 Å². The number of hydrogen-bond donors (Lipinski definition) is 0. The van der Waals surface area contributed by atoms with Gasteiger partial charge in [0.05, 0.1) is 6.61 Å². The van der Waals surface area contributed by atoms with Crippen molar-refractivity contribution in [2.24, 2.45) is 11.8 Å². The summed E-state index contributed by atoms with van der Waals surface area (Å²) in [5.41, 5.74) is 6.70.